The minimum atomic E-state index is -4.72. The van der Waals surface area contributed by atoms with E-state index < -0.39 is 12.5 Å². The lowest BCUT2D eigenvalue weighted by atomic mass is 10.0. The first-order valence-corrected chi connectivity index (χ1v) is 8.78. The summed E-state index contributed by atoms with van der Waals surface area (Å²) in [5, 5.41) is 10.2. The van der Waals surface area contributed by atoms with Crippen LogP contribution in [0.3, 0.4) is 0 Å². The molecule has 0 aromatic heterocycles. The van der Waals surface area contributed by atoms with E-state index >= 15 is 0 Å². The summed E-state index contributed by atoms with van der Waals surface area (Å²) in [6.45, 7) is 0.891. The van der Waals surface area contributed by atoms with Crippen LogP contribution in [0.2, 0.25) is 0 Å². The van der Waals surface area contributed by atoms with Crippen molar-refractivity contribution in [2.75, 3.05) is 20.8 Å². The van der Waals surface area contributed by atoms with Crippen molar-refractivity contribution in [1.29, 1.82) is 0 Å². The fraction of sp³-hybridized carbons (Fsp3) is 0.400. The molecule has 1 aliphatic rings. The third kappa shape index (κ3) is 4.69. The van der Waals surface area contributed by atoms with E-state index in [1.807, 2.05) is 18.2 Å². The van der Waals surface area contributed by atoms with Crippen LogP contribution in [0.5, 0.6) is 17.2 Å². The second-order valence-corrected chi connectivity index (χ2v) is 6.60. The lowest BCUT2D eigenvalue weighted by molar-refractivity contribution is -0.274. The third-order valence-corrected chi connectivity index (χ3v) is 4.72. The van der Waals surface area contributed by atoms with Gasteiger partial charge in [-0.05, 0) is 36.2 Å². The lowest BCUT2D eigenvalue weighted by Gasteiger charge is -2.27. The van der Waals surface area contributed by atoms with Crippen molar-refractivity contribution < 1.29 is 32.5 Å². The molecule has 0 amide bonds. The van der Waals surface area contributed by atoms with Crippen LogP contribution in [0, 0.1) is 0 Å². The molecule has 1 N–H and O–H groups in total. The molecule has 2 aromatic rings. The number of aliphatic hydroxyl groups excluding tert-OH is 1. The minimum absolute atomic E-state index is 0.146. The first-order valence-electron chi connectivity index (χ1n) is 8.78. The maximum absolute atomic E-state index is 12.3. The van der Waals surface area contributed by atoms with E-state index in [9.17, 15) is 18.3 Å². The number of rotatable bonds is 6. The second kappa shape index (κ2) is 8.28. The Morgan fingerprint density at radius 2 is 1.64 bits per heavy atom. The average molecular weight is 397 g/mol. The molecule has 2 aromatic carbocycles. The summed E-state index contributed by atoms with van der Waals surface area (Å²) in [4.78, 5) is 2.06. The molecule has 3 rings (SSSR count). The van der Waals surface area contributed by atoms with Gasteiger partial charge >= 0.3 is 6.36 Å². The van der Waals surface area contributed by atoms with Crippen molar-refractivity contribution in [1.82, 2.24) is 4.90 Å². The van der Waals surface area contributed by atoms with Crippen molar-refractivity contribution in [3.05, 3.63) is 53.6 Å². The van der Waals surface area contributed by atoms with E-state index in [4.69, 9.17) is 9.47 Å². The predicted octanol–water partition coefficient (Wildman–Crippen LogP) is 3.91. The number of alkyl halides is 3. The molecule has 0 bridgehead atoms. The summed E-state index contributed by atoms with van der Waals surface area (Å²) in [6.07, 6.45) is -4.73. The number of ether oxygens (including phenoxy) is 3. The summed E-state index contributed by atoms with van der Waals surface area (Å²) in [6, 6.07) is 11.1. The predicted molar refractivity (Wildman–Crippen MR) is 96.4 cm³/mol. The van der Waals surface area contributed by atoms with Crippen LogP contribution in [0.15, 0.2) is 42.5 Å². The third-order valence-electron chi connectivity index (χ3n) is 4.72. The summed E-state index contributed by atoms with van der Waals surface area (Å²) >= 11 is 0. The molecule has 152 valence electrons. The molecule has 1 aliphatic heterocycles. The van der Waals surface area contributed by atoms with E-state index in [0.717, 1.165) is 11.1 Å². The van der Waals surface area contributed by atoms with Crippen LogP contribution in [0.4, 0.5) is 13.2 Å². The number of aliphatic hydroxyl groups is 1. The van der Waals surface area contributed by atoms with Gasteiger partial charge in [-0.3, -0.25) is 4.90 Å². The number of halogens is 3. The smallest absolute Gasteiger partial charge is 0.496 e. The highest BCUT2D eigenvalue weighted by molar-refractivity contribution is 5.47. The van der Waals surface area contributed by atoms with Crippen molar-refractivity contribution in [2.24, 2.45) is 0 Å². The van der Waals surface area contributed by atoms with Crippen LogP contribution in [0.1, 0.15) is 23.6 Å². The number of benzene rings is 2. The Balaban J connectivity index is 1.82. The van der Waals surface area contributed by atoms with Crippen molar-refractivity contribution in [3.63, 3.8) is 0 Å². The zero-order valence-corrected chi connectivity index (χ0v) is 15.6. The number of methoxy groups -OCH3 is 2. The van der Waals surface area contributed by atoms with Crippen LogP contribution >= 0.6 is 0 Å². The first-order chi connectivity index (χ1) is 13.3. The summed E-state index contributed by atoms with van der Waals surface area (Å²) in [5.41, 5.74) is 1.66. The van der Waals surface area contributed by atoms with E-state index in [0.29, 0.717) is 31.0 Å². The molecule has 0 radical (unpaired) electrons. The second-order valence-electron chi connectivity index (χ2n) is 6.60. The molecule has 5 nitrogen and oxygen atoms in total. The monoisotopic (exact) mass is 397 g/mol. The Labute approximate surface area is 161 Å². The number of hydrogen-bond acceptors (Lipinski definition) is 5. The van der Waals surface area contributed by atoms with E-state index in [1.54, 1.807) is 26.4 Å². The molecule has 0 aliphatic carbocycles. The average Bonchev–Trinajstić information content (AvgIpc) is 3.01. The first kappa shape index (κ1) is 20.3. The molecule has 28 heavy (non-hydrogen) atoms. The van der Waals surface area contributed by atoms with Gasteiger partial charge in [-0.15, -0.1) is 13.2 Å². The maximum Gasteiger partial charge on any atom is 0.573 e. The number of hydrogen-bond donors (Lipinski definition) is 1. The number of likely N-dealkylation sites (tertiary alicyclic amines) is 1. The SMILES string of the molecule is COc1cccc(OC)c1[C@@H]1C[C@@H](O)CN1Cc1ccc(OC(F)(F)F)cc1. The van der Waals surface area contributed by atoms with Gasteiger partial charge in [0.1, 0.15) is 17.2 Å². The molecular weight excluding hydrogens is 375 g/mol. The number of β-amino-alcohol motifs (C(OH)–C–C–N with tert-alkyl or cyclic N) is 1. The van der Waals surface area contributed by atoms with Crippen LogP contribution in [-0.2, 0) is 6.54 Å². The van der Waals surface area contributed by atoms with E-state index in [2.05, 4.69) is 9.64 Å². The fourth-order valence-electron chi connectivity index (χ4n) is 3.59. The van der Waals surface area contributed by atoms with Gasteiger partial charge in [0.25, 0.3) is 0 Å². The van der Waals surface area contributed by atoms with Gasteiger partial charge < -0.3 is 19.3 Å². The van der Waals surface area contributed by atoms with Crippen molar-refractivity contribution >= 4 is 0 Å². The van der Waals surface area contributed by atoms with Crippen LogP contribution < -0.4 is 14.2 Å². The van der Waals surface area contributed by atoms with Crippen molar-refractivity contribution in [3.8, 4) is 17.2 Å². The summed E-state index contributed by atoms with van der Waals surface area (Å²) in [5.74, 6) is 1.07. The normalized spacial score (nSPS) is 20.2. The molecule has 0 unspecified atom stereocenters. The van der Waals surface area contributed by atoms with Crippen molar-refractivity contribution in [2.45, 2.75) is 31.5 Å². The summed E-state index contributed by atoms with van der Waals surface area (Å²) in [7, 11) is 3.15. The van der Waals surface area contributed by atoms with Crippen LogP contribution in [-0.4, -0.2) is 43.2 Å². The van der Waals surface area contributed by atoms with Gasteiger partial charge in [0.15, 0.2) is 0 Å². The standard InChI is InChI=1S/C20H22F3NO4/c1-26-17-4-3-5-18(27-2)19(17)16-10-14(25)12-24(16)11-13-6-8-15(9-7-13)28-20(21,22)23/h3-9,14,16,25H,10-12H2,1-2H3/t14-,16+/m1/s1. The minimum Gasteiger partial charge on any atom is -0.496 e. The molecule has 1 fully saturated rings. The Morgan fingerprint density at radius 3 is 2.18 bits per heavy atom. The highest BCUT2D eigenvalue weighted by Crippen LogP contribution is 2.43. The Hall–Kier alpha value is -2.45. The lowest BCUT2D eigenvalue weighted by Crippen LogP contribution is -2.25. The summed E-state index contributed by atoms with van der Waals surface area (Å²) < 4.78 is 51.8. The quantitative estimate of drug-likeness (QED) is 0.801. The van der Waals surface area contributed by atoms with Gasteiger partial charge in [0, 0.05) is 19.1 Å². The molecule has 1 saturated heterocycles. The number of nitrogens with zero attached hydrogens (tertiary/aromatic N) is 1. The topological polar surface area (TPSA) is 51.2 Å². The zero-order chi connectivity index (χ0) is 20.3. The fourth-order valence-corrected chi connectivity index (χ4v) is 3.59. The van der Waals surface area contributed by atoms with Crippen LogP contribution in [0.25, 0.3) is 0 Å². The van der Waals surface area contributed by atoms with Gasteiger partial charge in [-0.2, -0.15) is 0 Å². The Kier molecular flexibility index (Phi) is 6.00. The molecule has 0 spiro atoms. The highest BCUT2D eigenvalue weighted by atomic mass is 19.4. The molecule has 0 saturated carbocycles. The Bertz CT molecular complexity index is 773. The Morgan fingerprint density at radius 1 is 1.04 bits per heavy atom. The molecule has 1 heterocycles. The maximum atomic E-state index is 12.3. The largest absolute Gasteiger partial charge is 0.573 e. The van der Waals surface area contributed by atoms with Gasteiger partial charge in [-0.1, -0.05) is 18.2 Å². The van der Waals surface area contributed by atoms with Gasteiger partial charge in [0.05, 0.1) is 25.9 Å². The zero-order valence-electron chi connectivity index (χ0n) is 15.6. The highest BCUT2D eigenvalue weighted by Gasteiger charge is 2.36. The van der Waals surface area contributed by atoms with Gasteiger partial charge in [0.2, 0.25) is 0 Å². The van der Waals surface area contributed by atoms with E-state index in [1.165, 1.54) is 12.1 Å². The molecular formula is C20H22F3NO4. The molecule has 2 atom stereocenters. The molecule has 8 heteroatoms. The van der Waals surface area contributed by atoms with E-state index in [-0.39, 0.29) is 11.8 Å². The van der Waals surface area contributed by atoms with Gasteiger partial charge in [-0.25, -0.2) is 0 Å².